The lowest BCUT2D eigenvalue weighted by Gasteiger charge is -2.37. The molecule has 6 nitrogen and oxygen atoms in total. The first-order valence-electron chi connectivity index (χ1n) is 10.7. The fourth-order valence-electron chi connectivity index (χ4n) is 6.38. The van der Waals surface area contributed by atoms with E-state index in [1.165, 1.54) is 4.90 Å². The van der Waals surface area contributed by atoms with Gasteiger partial charge in [0.1, 0.15) is 5.54 Å². The lowest BCUT2D eigenvalue weighted by molar-refractivity contribution is -0.135. The number of benzene rings is 2. The molecule has 31 heavy (non-hydrogen) atoms. The van der Waals surface area contributed by atoms with Crippen LogP contribution in [0.5, 0.6) is 0 Å². The van der Waals surface area contributed by atoms with Gasteiger partial charge in [-0.2, -0.15) is 0 Å². The fourth-order valence-corrected chi connectivity index (χ4v) is 6.54. The van der Waals surface area contributed by atoms with Crippen LogP contribution in [-0.4, -0.2) is 35.2 Å². The molecule has 3 saturated heterocycles. The molecule has 0 unspecified atom stereocenters. The van der Waals surface area contributed by atoms with Crippen LogP contribution in [-0.2, 0) is 19.9 Å². The molecule has 4 atom stereocenters. The monoisotopic (exact) mass is 435 g/mol. The van der Waals surface area contributed by atoms with Crippen molar-refractivity contribution in [3.63, 3.8) is 0 Å². The Morgan fingerprint density at radius 2 is 1.87 bits per heavy atom. The summed E-state index contributed by atoms with van der Waals surface area (Å²) in [6.45, 7) is 4.54. The number of nitrogens with one attached hydrogen (secondary N) is 1. The Kier molecular flexibility index (Phi) is 3.79. The highest BCUT2D eigenvalue weighted by atomic mass is 35.5. The molecular weight excluding hydrogens is 414 g/mol. The summed E-state index contributed by atoms with van der Waals surface area (Å²) in [6.07, 6.45) is 1.71. The number of hydrogen-bond acceptors (Lipinski definition) is 4. The number of nitrogens with zero attached hydrogens (tertiary/aromatic N) is 2. The second-order valence-corrected chi connectivity index (χ2v) is 9.56. The van der Waals surface area contributed by atoms with E-state index in [1.807, 2.05) is 38.1 Å². The number of imide groups is 1. The van der Waals surface area contributed by atoms with Gasteiger partial charge < -0.3 is 5.32 Å². The molecule has 1 N–H and O–H groups in total. The standard InChI is InChI=1S/C24H22ClN3O3/c1-12-5-8-16-15(10-12)24(23(31)26-16)20-19(17-4-3-9-27(17)24)21(29)28(22(20)30)18-11-14(25)7-6-13(18)2/h5-8,10-11,17,19-20H,3-4,9H2,1-2H3,(H,26,31)/t17-,19-,20+,24-/m1/s1. The number of fused-ring (bicyclic) bond motifs is 7. The van der Waals surface area contributed by atoms with Crippen molar-refractivity contribution >= 4 is 40.7 Å². The Labute approximate surface area is 185 Å². The van der Waals surface area contributed by atoms with Gasteiger partial charge in [-0.1, -0.05) is 35.4 Å². The van der Waals surface area contributed by atoms with Gasteiger partial charge in [0, 0.05) is 22.3 Å². The van der Waals surface area contributed by atoms with Crippen molar-refractivity contribution < 1.29 is 14.4 Å². The summed E-state index contributed by atoms with van der Waals surface area (Å²) in [4.78, 5) is 44.7. The van der Waals surface area contributed by atoms with E-state index in [-0.39, 0.29) is 23.8 Å². The van der Waals surface area contributed by atoms with E-state index in [2.05, 4.69) is 10.2 Å². The van der Waals surface area contributed by atoms with E-state index in [4.69, 9.17) is 11.6 Å². The van der Waals surface area contributed by atoms with Gasteiger partial charge in [0.15, 0.2) is 0 Å². The van der Waals surface area contributed by atoms with Crippen molar-refractivity contribution in [3.8, 4) is 0 Å². The molecule has 1 spiro atoms. The molecule has 0 aliphatic carbocycles. The summed E-state index contributed by atoms with van der Waals surface area (Å²) in [6, 6.07) is 10.9. The average Bonchev–Trinajstić information content (AvgIpc) is 3.43. The molecule has 0 bridgehead atoms. The van der Waals surface area contributed by atoms with Crippen molar-refractivity contribution in [2.75, 3.05) is 16.8 Å². The van der Waals surface area contributed by atoms with Crippen LogP contribution in [0.25, 0.3) is 0 Å². The number of rotatable bonds is 1. The third-order valence-electron chi connectivity index (χ3n) is 7.56. The predicted octanol–water partition coefficient (Wildman–Crippen LogP) is 3.39. The summed E-state index contributed by atoms with van der Waals surface area (Å²) >= 11 is 6.21. The van der Waals surface area contributed by atoms with Gasteiger partial charge in [0.25, 0.3) is 0 Å². The van der Waals surface area contributed by atoms with Crippen molar-refractivity contribution in [2.45, 2.75) is 38.3 Å². The summed E-state index contributed by atoms with van der Waals surface area (Å²) in [5.41, 5.74) is 2.76. The summed E-state index contributed by atoms with van der Waals surface area (Å²) in [5.74, 6) is -2.00. The van der Waals surface area contributed by atoms with Gasteiger partial charge in [-0.15, -0.1) is 0 Å². The summed E-state index contributed by atoms with van der Waals surface area (Å²) < 4.78 is 0. The number of carbonyl (C=O) groups excluding carboxylic acids is 3. The normalized spacial score (nSPS) is 31.4. The zero-order chi connectivity index (χ0) is 21.7. The lowest BCUT2D eigenvalue weighted by Crippen LogP contribution is -2.54. The largest absolute Gasteiger partial charge is 0.324 e. The van der Waals surface area contributed by atoms with E-state index in [1.54, 1.807) is 12.1 Å². The van der Waals surface area contributed by atoms with Gasteiger partial charge in [-0.05, 0) is 57.0 Å². The zero-order valence-electron chi connectivity index (χ0n) is 17.3. The number of hydrogen-bond donors (Lipinski definition) is 1. The minimum absolute atomic E-state index is 0.122. The maximum atomic E-state index is 13.9. The van der Waals surface area contributed by atoms with E-state index >= 15 is 0 Å². The first kappa shape index (κ1) is 19.0. The molecular formula is C24H22ClN3O3. The van der Waals surface area contributed by atoms with Crippen LogP contribution in [0.4, 0.5) is 11.4 Å². The van der Waals surface area contributed by atoms with Crippen LogP contribution in [0.15, 0.2) is 36.4 Å². The lowest BCUT2D eigenvalue weighted by atomic mass is 9.75. The van der Waals surface area contributed by atoms with Crippen molar-refractivity contribution in [1.29, 1.82) is 0 Å². The van der Waals surface area contributed by atoms with Gasteiger partial charge in [-0.3, -0.25) is 19.3 Å². The molecule has 158 valence electrons. The molecule has 3 amide bonds. The van der Waals surface area contributed by atoms with Gasteiger partial charge in [-0.25, -0.2) is 4.90 Å². The van der Waals surface area contributed by atoms with E-state index < -0.39 is 17.4 Å². The van der Waals surface area contributed by atoms with Crippen molar-refractivity contribution in [2.24, 2.45) is 11.8 Å². The number of aryl methyl sites for hydroxylation is 2. The zero-order valence-corrected chi connectivity index (χ0v) is 18.1. The van der Waals surface area contributed by atoms with Crippen molar-refractivity contribution in [3.05, 3.63) is 58.1 Å². The molecule has 4 heterocycles. The first-order valence-corrected chi connectivity index (χ1v) is 11.1. The molecule has 2 aromatic carbocycles. The number of carbonyl (C=O) groups is 3. The Balaban J connectivity index is 1.58. The van der Waals surface area contributed by atoms with Gasteiger partial charge in [0.2, 0.25) is 17.7 Å². The third kappa shape index (κ3) is 2.19. The molecule has 4 aliphatic heterocycles. The number of amides is 3. The fraction of sp³-hybridized carbons (Fsp3) is 0.375. The Morgan fingerprint density at radius 1 is 1.06 bits per heavy atom. The molecule has 3 fully saturated rings. The Morgan fingerprint density at radius 3 is 2.68 bits per heavy atom. The highest BCUT2D eigenvalue weighted by Crippen LogP contribution is 2.60. The van der Waals surface area contributed by atoms with Crippen LogP contribution in [0.1, 0.15) is 29.5 Å². The summed E-state index contributed by atoms with van der Waals surface area (Å²) in [5, 5.41) is 3.48. The Hall–Kier alpha value is -2.70. The minimum Gasteiger partial charge on any atom is -0.324 e. The second-order valence-electron chi connectivity index (χ2n) is 9.12. The molecule has 0 aromatic heterocycles. The molecule has 6 rings (SSSR count). The minimum atomic E-state index is -1.14. The van der Waals surface area contributed by atoms with Gasteiger partial charge >= 0.3 is 0 Å². The molecule has 4 aliphatic rings. The highest BCUT2D eigenvalue weighted by molar-refractivity contribution is 6.32. The quantitative estimate of drug-likeness (QED) is 0.697. The molecule has 0 radical (unpaired) electrons. The van der Waals surface area contributed by atoms with Gasteiger partial charge in [0.05, 0.1) is 17.5 Å². The van der Waals surface area contributed by atoms with Crippen LogP contribution in [0.2, 0.25) is 5.02 Å². The van der Waals surface area contributed by atoms with E-state index in [0.29, 0.717) is 17.3 Å². The molecule has 2 aromatic rings. The summed E-state index contributed by atoms with van der Waals surface area (Å²) in [7, 11) is 0. The van der Waals surface area contributed by atoms with E-state index in [9.17, 15) is 14.4 Å². The average molecular weight is 436 g/mol. The maximum Gasteiger partial charge on any atom is 0.250 e. The SMILES string of the molecule is Cc1ccc2c(c1)[C@]1(C(=O)N2)[C@@H]2C(=O)N(c3cc(Cl)ccc3C)C(=O)[C@@H]2[C@H]2CCCN21. The third-order valence-corrected chi connectivity index (χ3v) is 7.80. The van der Waals surface area contributed by atoms with Crippen LogP contribution >= 0.6 is 11.6 Å². The van der Waals surface area contributed by atoms with Crippen molar-refractivity contribution in [1.82, 2.24) is 4.90 Å². The Bertz CT molecular complexity index is 1190. The van der Waals surface area contributed by atoms with E-state index in [0.717, 1.165) is 35.2 Å². The second kappa shape index (κ2) is 6.17. The first-order chi connectivity index (χ1) is 14.9. The van der Waals surface area contributed by atoms with Crippen LogP contribution < -0.4 is 10.2 Å². The predicted molar refractivity (Wildman–Crippen MR) is 117 cm³/mol. The van der Waals surface area contributed by atoms with Crippen LogP contribution in [0.3, 0.4) is 0 Å². The number of anilines is 2. The number of halogens is 1. The molecule has 7 heteroatoms. The molecule has 0 saturated carbocycles. The van der Waals surface area contributed by atoms with Crippen LogP contribution in [0, 0.1) is 25.7 Å². The smallest absolute Gasteiger partial charge is 0.250 e. The topological polar surface area (TPSA) is 69.7 Å². The maximum absolute atomic E-state index is 13.9. The highest BCUT2D eigenvalue weighted by Gasteiger charge is 2.74.